The number of methoxy groups -OCH3 is 1. The van der Waals surface area contributed by atoms with E-state index in [2.05, 4.69) is 11.6 Å². The summed E-state index contributed by atoms with van der Waals surface area (Å²) in [4.78, 5) is 42.9. The molecule has 1 aliphatic rings. The number of nitro benzene ring substituents is 1. The third-order valence-corrected chi connectivity index (χ3v) is 8.46. The molecule has 0 fully saturated rings. The van der Waals surface area contributed by atoms with Gasteiger partial charge in [-0.1, -0.05) is 47.2 Å². The van der Waals surface area contributed by atoms with E-state index in [9.17, 15) is 19.7 Å². The maximum atomic E-state index is 14.1. The highest BCUT2D eigenvalue weighted by molar-refractivity contribution is 7.07. The Balaban J connectivity index is 1.57. The Morgan fingerprint density at radius 2 is 1.85 bits per heavy atom. The van der Waals surface area contributed by atoms with E-state index < -0.39 is 16.9 Å². The molecular formula is C35H33N3O7S. The van der Waals surface area contributed by atoms with Crippen molar-refractivity contribution in [2.45, 2.75) is 39.8 Å². The fourth-order valence-corrected chi connectivity index (χ4v) is 6.31. The molecule has 0 saturated heterocycles. The van der Waals surface area contributed by atoms with Crippen LogP contribution >= 0.6 is 11.3 Å². The van der Waals surface area contributed by atoms with Gasteiger partial charge in [-0.25, -0.2) is 9.79 Å². The second kappa shape index (κ2) is 13.8. The first-order chi connectivity index (χ1) is 22.1. The smallest absolute Gasteiger partial charge is 0.338 e. The maximum Gasteiger partial charge on any atom is 0.338 e. The quantitative estimate of drug-likeness (QED) is 0.0941. The van der Waals surface area contributed by atoms with Crippen LogP contribution in [0.4, 0.5) is 5.69 Å². The molecule has 11 heteroatoms. The summed E-state index contributed by atoms with van der Waals surface area (Å²) in [6, 6.07) is 16.9. The summed E-state index contributed by atoms with van der Waals surface area (Å²) in [6.45, 7) is 9.71. The van der Waals surface area contributed by atoms with Crippen LogP contribution in [0.15, 0.2) is 94.4 Å². The van der Waals surface area contributed by atoms with Crippen molar-refractivity contribution >= 4 is 29.1 Å². The Kier molecular flexibility index (Phi) is 9.62. The van der Waals surface area contributed by atoms with Gasteiger partial charge in [0.2, 0.25) is 0 Å². The molecule has 0 aliphatic carbocycles. The summed E-state index contributed by atoms with van der Waals surface area (Å²) < 4.78 is 19.2. The lowest BCUT2D eigenvalue weighted by atomic mass is 9.95. The van der Waals surface area contributed by atoms with Crippen molar-refractivity contribution in [2.75, 3.05) is 13.7 Å². The number of nitrogens with zero attached hydrogens (tertiary/aromatic N) is 3. The van der Waals surface area contributed by atoms with Crippen LogP contribution in [-0.2, 0) is 22.6 Å². The van der Waals surface area contributed by atoms with E-state index >= 15 is 0 Å². The summed E-state index contributed by atoms with van der Waals surface area (Å²) in [5, 5.41) is 11.0. The lowest BCUT2D eigenvalue weighted by Gasteiger charge is -2.24. The maximum absolute atomic E-state index is 14.1. The van der Waals surface area contributed by atoms with Gasteiger partial charge in [-0.05, 0) is 74.2 Å². The molecule has 0 amide bonds. The molecule has 2 heterocycles. The Morgan fingerprint density at radius 3 is 2.48 bits per heavy atom. The first-order valence-electron chi connectivity index (χ1n) is 14.6. The van der Waals surface area contributed by atoms with Gasteiger partial charge in [-0.3, -0.25) is 19.5 Å². The Morgan fingerprint density at radius 1 is 1.13 bits per heavy atom. The fourth-order valence-electron chi connectivity index (χ4n) is 5.27. The molecule has 4 aromatic rings. The molecular weight excluding hydrogens is 606 g/mol. The number of non-ortho nitro benzene ring substituents is 1. The Hall–Kier alpha value is -5.29. The number of fused-ring (bicyclic) bond motifs is 1. The minimum absolute atomic E-state index is 0.000716. The number of thiazole rings is 1. The third kappa shape index (κ3) is 6.54. The summed E-state index contributed by atoms with van der Waals surface area (Å²) in [5.41, 5.74) is 4.62. The first kappa shape index (κ1) is 32.1. The molecule has 0 spiro atoms. The average Bonchev–Trinajstić information content (AvgIpc) is 3.34. The molecule has 0 radical (unpaired) electrons. The number of esters is 1. The molecule has 0 saturated carbocycles. The van der Waals surface area contributed by atoms with Crippen LogP contribution in [0.3, 0.4) is 0 Å². The molecule has 3 aromatic carbocycles. The van der Waals surface area contributed by atoms with Crippen molar-refractivity contribution < 1.29 is 23.9 Å². The second-order valence-corrected chi connectivity index (χ2v) is 11.6. The monoisotopic (exact) mass is 639 g/mol. The fraction of sp³-hybridized carbons (Fsp3) is 0.229. The Bertz CT molecular complexity index is 2020. The van der Waals surface area contributed by atoms with Crippen LogP contribution in [0, 0.1) is 17.0 Å². The number of ether oxygens (including phenoxy) is 3. The molecule has 0 unspecified atom stereocenters. The number of hydrogen-bond acceptors (Lipinski definition) is 9. The predicted molar refractivity (Wildman–Crippen MR) is 176 cm³/mol. The van der Waals surface area contributed by atoms with E-state index in [1.54, 1.807) is 48.8 Å². The van der Waals surface area contributed by atoms with Crippen molar-refractivity contribution in [1.29, 1.82) is 0 Å². The number of aromatic nitrogens is 1. The summed E-state index contributed by atoms with van der Waals surface area (Å²) in [6.07, 6.45) is 3.98. The molecule has 5 rings (SSSR count). The topological polar surface area (TPSA) is 122 Å². The number of hydrogen-bond donors (Lipinski definition) is 0. The van der Waals surface area contributed by atoms with Crippen LogP contribution < -0.4 is 24.4 Å². The zero-order valence-corrected chi connectivity index (χ0v) is 26.8. The van der Waals surface area contributed by atoms with E-state index in [-0.39, 0.29) is 24.5 Å². The van der Waals surface area contributed by atoms with Gasteiger partial charge in [0.25, 0.3) is 11.2 Å². The molecule has 236 valence electrons. The number of rotatable bonds is 11. The molecule has 10 nitrogen and oxygen atoms in total. The number of carbonyl (C=O) groups excluding carboxylic acids is 1. The normalized spacial score (nSPS) is 14.3. The highest BCUT2D eigenvalue weighted by atomic mass is 32.1. The lowest BCUT2D eigenvalue weighted by molar-refractivity contribution is -0.384. The zero-order chi connectivity index (χ0) is 33.0. The summed E-state index contributed by atoms with van der Waals surface area (Å²) >= 11 is 1.24. The van der Waals surface area contributed by atoms with Crippen LogP contribution in [0.1, 0.15) is 47.7 Å². The average molecular weight is 640 g/mol. The van der Waals surface area contributed by atoms with E-state index in [0.29, 0.717) is 44.1 Å². The minimum atomic E-state index is -0.695. The minimum Gasteiger partial charge on any atom is -0.493 e. The number of nitro groups is 1. The second-order valence-electron chi connectivity index (χ2n) is 10.6. The van der Waals surface area contributed by atoms with Gasteiger partial charge in [0.1, 0.15) is 6.61 Å². The van der Waals surface area contributed by atoms with Crippen LogP contribution in [0.2, 0.25) is 0 Å². The van der Waals surface area contributed by atoms with Crippen molar-refractivity contribution in [3.8, 4) is 11.5 Å². The van der Waals surface area contributed by atoms with Crippen LogP contribution in [-0.4, -0.2) is 29.2 Å². The van der Waals surface area contributed by atoms with Gasteiger partial charge >= 0.3 is 5.97 Å². The number of aryl methyl sites for hydroxylation is 1. The molecule has 46 heavy (non-hydrogen) atoms. The first-order valence-corrected chi connectivity index (χ1v) is 15.4. The van der Waals surface area contributed by atoms with Gasteiger partial charge in [0.15, 0.2) is 16.3 Å². The van der Waals surface area contributed by atoms with E-state index in [1.165, 1.54) is 30.6 Å². The lowest BCUT2D eigenvalue weighted by Crippen LogP contribution is -2.39. The highest BCUT2D eigenvalue weighted by Crippen LogP contribution is 2.35. The zero-order valence-electron chi connectivity index (χ0n) is 25.9. The molecule has 0 bridgehead atoms. The number of benzene rings is 3. The van der Waals surface area contributed by atoms with Gasteiger partial charge in [0.05, 0.1) is 40.5 Å². The summed E-state index contributed by atoms with van der Waals surface area (Å²) in [7, 11) is 1.53. The van der Waals surface area contributed by atoms with E-state index in [0.717, 1.165) is 22.3 Å². The predicted octanol–water partition coefficient (Wildman–Crippen LogP) is 5.33. The third-order valence-electron chi connectivity index (χ3n) is 7.48. The van der Waals surface area contributed by atoms with Crippen LogP contribution in [0.5, 0.6) is 11.5 Å². The number of allylic oxidation sites excluding steroid dienone is 2. The van der Waals surface area contributed by atoms with Gasteiger partial charge < -0.3 is 14.2 Å². The van der Waals surface area contributed by atoms with Gasteiger partial charge in [0, 0.05) is 17.7 Å². The van der Waals surface area contributed by atoms with Gasteiger partial charge in [-0.2, -0.15) is 0 Å². The standard InChI is InChI=1S/C35H33N3O7S/c1-6-8-26-17-24(18-28(43-5)32(26)45-20-23-11-15-27(16-12-23)38(41)42)19-29-33(39)37-31(25-13-9-21(3)10-14-25)30(34(40)44-7-2)22(4)36-35(37)46-29/h6,9-19,31H,1,7-8,20H2,2-5H3/b29-19+/t31-/m1/s1. The molecule has 1 atom stereocenters. The van der Waals surface area contributed by atoms with E-state index in [1.807, 2.05) is 37.3 Å². The highest BCUT2D eigenvalue weighted by Gasteiger charge is 2.33. The van der Waals surface area contributed by atoms with Gasteiger partial charge in [-0.15, -0.1) is 6.58 Å². The van der Waals surface area contributed by atoms with E-state index in [4.69, 9.17) is 14.2 Å². The SMILES string of the molecule is C=CCc1cc(/C=c2/sc3n(c2=O)[C@H](c2ccc(C)cc2)C(C(=O)OCC)=C(C)N=3)cc(OC)c1OCc1ccc([N+](=O)[O-])cc1. The summed E-state index contributed by atoms with van der Waals surface area (Å²) in [5.74, 6) is 0.457. The Labute approximate surface area is 269 Å². The van der Waals surface area contributed by atoms with Crippen molar-refractivity contribution in [3.63, 3.8) is 0 Å². The number of carbonyl (C=O) groups is 1. The van der Waals surface area contributed by atoms with Crippen molar-refractivity contribution in [1.82, 2.24) is 4.57 Å². The van der Waals surface area contributed by atoms with Crippen molar-refractivity contribution in [3.05, 3.63) is 142 Å². The van der Waals surface area contributed by atoms with Crippen LogP contribution in [0.25, 0.3) is 6.08 Å². The van der Waals surface area contributed by atoms with Crippen molar-refractivity contribution in [2.24, 2.45) is 4.99 Å². The largest absolute Gasteiger partial charge is 0.493 e. The molecule has 0 N–H and O–H groups in total. The molecule has 1 aliphatic heterocycles. The molecule has 1 aromatic heterocycles.